The first-order chi connectivity index (χ1) is 12.1. The van der Waals surface area contributed by atoms with Gasteiger partial charge in [0.1, 0.15) is 0 Å². The normalized spacial score (nSPS) is 22.6. The zero-order chi connectivity index (χ0) is 17.8. The second-order valence-electron chi connectivity index (χ2n) is 7.23. The average Bonchev–Trinajstić information content (AvgIpc) is 2.67. The Balaban J connectivity index is 1.68. The molecule has 5 heteroatoms. The van der Waals surface area contributed by atoms with Crippen LogP contribution in [-0.4, -0.2) is 65.8 Å². The van der Waals surface area contributed by atoms with Gasteiger partial charge in [-0.2, -0.15) is 0 Å². The summed E-state index contributed by atoms with van der Waals surface area (Å²) in [6.07, 6.45) is 3.61. The second-order valence-corrected chi connectivity index (χ2v) is 7.23. The number of nitrogens with zero attached hydrogens (tertiary/aromatic N) is 3. The molecule has 2 heterocycles. The fourth-order valence-corrected chi connectivity index (χ4v) is 3.95. The molecule has 5 nitrogen and oxygen atoms in total. The number of fused-ring (bicyclic) bond motifs is 1. The molecule has 1 fully saturated rings. The van der Waals surface area contributed by atoms with Gasteiger partial charge in [-0.25, -0.2) is 4.79 Å². The maximum atomic E-state index is 13.3. The second kappa shape index (κ2) is 8.19. The predicted molar refractivity (Wildman–Crippen MR) is 101 cm³/mol. The van der Waals surface area contributed by atoms with Crippen LogP contribution in [0.3, 0.4) is 0 Å². The predicted octanol–water partition coefficient (Wildman–Crippen LogP) is 2.73. The summed E-state index contributed by atoms with van der Waals surface area (Å²) >= 11 is 0. The molecule has 2 aliphatic rings. The summed E-state index contributed by atoms with van der Waals surface area (Å²) in [6, 6.07) is 8.76. The number of hydrogen-bond acceptors (Lipinski definition) is 3. The highest BCUT2D eigenvalue weighted by Gasteiger charge is 2.33. The lowest BCUT2D eigenvalue weighted by Crippen LogP contribution is -2.56. The van der Waals surface area contributed by atoms with E-state index in [1.807, 2.05) is 22.8 Å². The quantitative estimate of drug-likeness (QED) is 0.913. The van der Waals surface area contributed by atoms with Crippen LogP contribution in [-0.2, 0) is 6.42 Å². The number of aliphatic hydroxyl groups is 1. The van der Waals surface area contributed by atoms with Gasteiger partial charge in [0.25, 0.3) is 0 Å². The number of para-hydroxylation sites is 1. The third kappa shape index (κ3) is 3.98. The largest absolute Gasteiger partial charge is 0.392 e. The van der Waals surface area contributed by atoms with E-state index in [0.717, 1.165) is 57.5 Å². The lowest BCUT2D eigenvalue weighted by Gasteiger charge is -2.42. The Morgan fingerprint density at radius 2 is 1.92 bits per heavy atom. The lowest BCUT2D eigenvalue weighted by atomic mass is 9.94. The van der Waals surface area contributed by atoms with Gasteiger partial charge < -0.3 is 10.0 Å². The van der Waals surface area contributed by atoms with Gasteiger partial charge in [0.2, 0.25) is 0 Å². The highest BCUT2D eigenvalue weighted by atomic mass is 16.3. The van der Waals surface area contributed by atoms with E-state index in [9.17, 15) is 9.90 Å². The summed E-state index contributed by atoms with van der Waals surface area (Å²) in [5.74, 6) is 0. The van der Waals surface area contributed by atoms with Crippen molar-refractivity contribution in [2.24, 2.45) is 0 Å². The van der Waals surface area contributed by atoms with Gasteiger partial charge in [-0.15, -0.1) is 0 Å². The van der Waals surface area contributed by atoms with Crippen LogP contribution >= 0.6 is 0 Å². The Hall–Kier alpha value is -1.59. The zero-order valence-corrected chi connectivity index (χ0v) is 15.5. The van der Waals surface area contributed by atoms with Gasteiger partial charge in [0.15, 0.2) is 0 Å². The van der Waals surface area contributed by atoms with Crippen LogP contribution in [0.2, 0.25) is 0 Å². The van der Waals surface area contributed by atoms with Gasteiger partial charge in [0, 0.05) is 44.5 Å². The third-order valence-electron chi connectivity index (χ3n) is 5.62. The Morgan fingerprint density at radius 1 is 1.20 bits per heavy atom. The van der Waals surface area contributed by atoms with Crippen molar-refractivity contribution in [3.8, 4) is 0 Å². The molecule has 0 radical (unpaired) electrons. The van der Waals surface area contributed by atoms with E-state index in [1.54, 1.807) is 0 Å². The molecular weight excluding hydrogens is 314 g/mol. The minimum absolute atomic E-state index is 0.148. The molecule has 25 heavy (non-hydrogen) atoms. The molecule has 1 N–H and O–H groups in total. The summed E-state index contributed by atoms with van der Waals surface area (Å²) in [5.41, 5.74) is 2.37. The minimum Gasteiger partial charge on any atom is -0.392 e. The van der Waals surface area contributed by atoms with Crippen molar-refractivity contribution < 1.29 is 9.90 Å². The molecule has 1 saturated heterocycles. The van der Waals surface area contributed by atoms with Gasteiger partial charge in [-0.05, 0) is 37.3 Å². The molecule has 2 atom stereocenters. The van der Waals surface area contributed by atoms with Crippen LogP contribution in [0.1, 0.15) is 38.7 Å². The molecule has 1 aromatic carbocycles. The Kier molecular flexibility index (Phi) is 5.97. The summed E-state index contributed by atoms with van der Waals surface area (Å²) < 4.78 is 0. The van der Waals surface area contributed by atoms with Crippen LogP contribution in [0.4, 0.5) is 10.5 Å². The Bertz CT molecular complexity index is 584. The van der Waals surface area contributed by atoms with E-state index < -0.39 is 0 Å². The number of carbonyl (C=O) groups excluding carboxylic acids is 1. The van der Waals surface area contributed by atoms with Gasteiger partial charge in [-0.1, -0.05) is 32.0 Å². The first-order valence-corrected chi connectivity index (χ1v) is 9.70. The fraction of sp³-hybridized carbons (Fsp3) is 0.650. The van der Waals surface area contributed by atoms with Crippen molar-refractivity contribution in [1.29, 1.82) is 0 Å². The maximum absolute atomic E-state index is 13.3. The van der Waals surface area contributed by atoms with Gasteiger partial charge in [0.05, 0.1) is 6.10 Å². The lowest BCUT2D eigenvalue weighted by molar-refractivity contribution is 0.0798. The molecular formula is C20H31N3O2. The number of carbonyl (C=O) groups is 1. The molecule has 138 valence electrons. The van der Waals surface area contributed by atoms with Crippen molar-refractivity contribution in [2.45, 2.75) is 51.7 Å². The van der Waals surface area contributed by atoms with Crippen molar-refractivity contribution in [2.75, 3.05) is 37.6 Å². The van der Waals surface area contributed by atoms with E-state index in [0.29, 0.717) is 12.6 Å². The number of anilines is 1. The number of hydrogen-bond donors (Lipinski definition) is 1. The third-order valence-corrected chi connectivity index (χ3v) is 5.62. The SMILES string of the molecule is CCC(O)CN1CCN(C(=O)N2c3ccccc3CCC2CC)CC1. The maximum Gasteiger partial charge on any atom is 0.324 e. The van der Waals surface area contributed by atoms with Crippen molar-refractivity contribution >= 4 is 11.7 Å². The number of benzene rings is 1. The van der Waals surface area contributed by atoms with E-state index in [1.165, 1.54) is 5.56 Å². The number of piperazine rings is 1. The van der Waals surface area contributed by atoms with Crippen molar-refractivity contribution in [3.63, 3.8) is 0 Å². The van der Waals surface area contributed by atoms with E-state index in [4.69, 9.17) is 0 Å². The van der Waals surface area contributed by atoms with Crippen LogP contribution in [0.25, 0.3) is 0 Å². The monoisotopic (exact) mass is 345 g/mol. The molecule has 2 aliphatic heterocycles. The smallest absolute Gasteiger partial charge is 0.324 e. The number of rotatable bonds is 4. The molecule has 0 saturated carbocycles. The molecule has 0 aliphatic carbocycles. The first-order valence-electron chi connectivity index (χ1n) is 9.70. The number of β-amino-alcohol motifs (C(OH)–C–C–N with tert-alkyl or cyclic N) is 1. The number of urea groups is 1. The van der Waals surface area contributed by atoms with Crippen molar-refractivity contribution in [1.82, 2.24) is 9.80 Å². The molecule has 0 bridgehead atoms. The van der Waals surface area contributed by atoms with Gasteiger partial charge >= 0.3 is 6.03 Å². The number of aryl methyl sites for hydroxylation is 1. The van der Waals surface area contributed by atoms with E-state index in [2.05, 4.69) is 30.0 Å². The number of aliphatic hydroxyl groups excluding tert-OH is 1. The molecule has 0 spiro atoms. The standard InChI is InChI=1S/C20H31N3O2/c1-3-17-10-9-16-7-5-6-8-19(16)23(17)20(25)22-13-11-21(12-14-22)15-18(24)4-2/h5-8,17-18,24H,3-4,9-15H2,1-2H3. The van der Waals surface area contributed by atoms with E-state index in [-0.39, 0.29) is 12.1 Å². The summed E-state index contributed by atoms with van der Waals surface area (Å²) in [6.45, 7) is 8.05. The molecule has 3 rings (SSSR count). The Morgan fingerprint density at radius 3 is 2.60 bits per heavy atom. The summed E-state index contributed by atoms with van der Waals surface area (Å²) in [7, 11) is 0. The minimum atomic E-state index is -0.263. The van der Waals surface area contributed by atoms with Crippen LogP contribution in [0.15, 0.2) is 24.3 Å². The van der Waals surface area contributed by atoms with Crippen LogP contribution in [0, 0.1) is 0 Å². The van der Waals surface area contributed by atoms with Crippen molar-refractivity contribution in [3.05, 3.63) is 29.8 Å². The summed E-state index contributed by atoms with van der Waals surface area (Å²) in [5, 5.41) is 9.83. The first kappa shape index (κ1) is 18.2. The molecule has 0 aromatic heterocycles. The molecule has 2 unspecified atom stereocenters. The Labute approximate surface area is 151 Å². The fourth-order valence-electron chi connectivity index (χ4n) is 3.95. The highest BCUT2D eigenvalue weighted by Crippen LogP contribution is 2.32. The summed E-state index contributed by atoms with van der Waals surface area (Å²) in [4.78, 5) is 19.5. The number of amides is 2. The molecule has 1 aromatic rings. The zero-order valence-electron chi connectivity index (χ0n) is 15.5. The van der Waals surface area contributed by atoms with Crippen LogP contribution in [0.5, 0.6) is 0 Å². The topological polar surface area (TPSA) is 47.0 Å². The van der Waals surface area contributed by atoms with Gasteiger partial charge in [-0.3, -0.25) is 9.80 Å². The highest BCUT2D eigenvalue weighted by molar-refractivity contribution is 5.94. The van der Waals surface area contributed by atoms with Crippen LogP contribution < -0.4 is 4.90 Å². The van der Waals surface area contributed by atoms with E-state index >= 15 is 0 Å². The molecule has 2 amide bonds. The average molecular weight is 345 g/mol.